The topological polar surface area (TPSA) is 60.9 Å². The lowest BCUT2D eigenvalue weighted by Gasteiger charge is -2.41. The van der Waals surface area contributed by atoms with E-state index in [1.54, 1.807) is 0 Å². The van der Waals surface area contributed by atoms with Gasteiger partial charge in [-0.05, 0) is 41.2 Å². The molecule has 1 amide bonds. The van der Waals surface area contributed by atoms with Crippen molar-refractivity contribution in [2.24, 2.45) is 0 Å². The minimum Gasteiger partial charge on any atom is -0.481 e. The lowest BCUT2D eigenvalue weighted by molar-refractivity contribution is -0.148. The standard InChI is InChI=1S/C13H24N2O3/c1-9(2)15-12(18)10(8-11(16)17)14(5)7-6-13(15,3)4/h9-10H,6-8H2,1-5H3,(H,16,17). The Morgan fingerprint density at radius 2 is 2.06 bits per heavy atom. The molecule has 0 aliphatic carbocycles. The first-order chi connectivity index (χ1) is 8.16. The molecule has 0 aromatic carbocycles. The van der Waals surface area contributed by atoms with Crippen LogP contribution in [0.3, 0.4) is 0 Å². The van der Waals surface area contributed by atoms with Gasteiger partial charge in [-0.2, -0.15) is 0 Å². The number of carbonyl (C=O) groups is 2. The van der Waals surface area contributed by atoms with Crippen LogP contribution in [0.4, 0.5) is 0 Å². The second-order valence-electron chi connectivity index (χ2n) is 5.96. The monoisotopic (exact) mass is 256 g/mol. The normalized spacial score (nSPS) is 25.3. The van der Waals surface area contributed by atoms with E-state index in [2.05, 4.69) is 0 Å². The van der Waals surface area contributed by atoms with Crippen LogP contribution < -0.4 is 0 Å². The van der Waals surface area contributed by atoms with Gasteiger partial charge in [0.25, 0.3) is 0 Å². The van der Waals surface area contributed by atoms with E-state index in [4.69, 9.17) is 5.11 Å². The summed E-state index contributed by atoms with van der Waals surface area (Å²) in [6.07, 6.45) is 0.720. The summed E-state index contributed by atoms with van der Waals surface area (Å²) in [6.45, 7) is 8.77. The first-order valence-electron chi connectivity index (χ1n) is 6.42. The minimum atomic E-state index is -0.927. The summed E-state index contributed by atoms with van der Waals surface area (Å²) in [7, 11) is 1.82. The van der Waals surface area contributed by atoms with E-state index in [0.717, 1.165) is 13.0 Å². The van der Waals surface area contributed by atoms with Crippen LogP contribution in [0.2, 0.25) is 0 Å². The van der Waals surface area contributed by atoms with E-state index >= 15 is 0 Å². The van der Waals surface area contributed by atoms with Crippen molar-refractivity contribution in [1.29, 1.82) is 0 Å². The molecule has 104 valence electrons. The van der Waals surface area contributed by atoms with Gasteiger partial charge in [0.15, 0.2) is 0 Å². The molecule has 5 nitrogen and oxygen atoms in total. The Morgan fingerprint density at radius 1 is 1.50 bits per heavy atom. The van der Waals surface area contributed by atoms with Gasteiger partial charge in [0.1, 0.15) is 0 Å². The van der Waals surface area contributed by atoms with E-state index in [1.165, 1.54) is 0 Å². The van der Waals surface area contributed by atoms with Crippen molar-refractivity contribution < 1.29 is 14.7 Å². The number of carboxylic acids is 1. The molecule has 1 fully saturated rings. The first-order valence-corrected chi connectivity index (χ1v) is 6.42. The van der Waals surface area contributed by atoms with Gasteiger partial charge in [0.05, 0.1) is 12.5 Å². The van der Waals surface area contributed by atoms with Crippen molar-refractivity contribution in [2.75, 3.05) is 13.6 Å². The molecule has 18 heavy (non-hydrogen) atoms. The van der Waals surface area contributed by atoms with Crippen LogP contribution in [0, 0.1) is 0 Å². The van der Waals surface area contributed by atoms with Crippen LogP contribution in [0.25, 0.3) is 0 Å². The van der Waals surface area contributed by atoms with Gasteiger partial charge in [-0.1, -0.05) is 0 Å². The van der Waals surface area contributed by atoms with Crippen molar-refractivity contribution in [3.05, 3.63) is 0 Å². The molecular weight excluding hydrogens is 232 g/mol. The molecule has 1 saturated heterocycles. The number of nitrogens with zero attached hydrogens (tertiary/aromatic N) is 2. The number of amides is 1. The smallest absolute Gasteiger partial charge is 0.305 e. The van der Waals surface area contributed by atoms with Gasteiger partial charge in [0.2, 0.25) is 5.91 Å². The van der Waals surface area contributed by atoms with Crippen molar-refractivity contribution in [2.45, 2.75) is 58.2 Å². The molecule has 0 radical (unpaired) electrons. The molecule has 5 heteroatoms. The van der Waals surface area contributed by atoms with Crippen LogP contribution in [0.1, 0.15) is 40.5 Å². The maximum Gasteiger partial charge on any atom is 0.305 e. The molecule has 0 saturated carbocycles. The molecule has 0 aromatic rings. The molecule has 1 unspecified atom stereocenters. The van der Waals surface area contributed by atoms with Crippen LogP contribution in [-0.2, 0) is 9.59 Å². The largest absolute Gasteiger partial charge is 0.481 e. The van der Waals surface area contributed by atoms with Gasteiger partial charge >= 0.3 is 5.97 Å². The average Bonchev–Trinajstić information content (AvgIpc) is 2.27. The summed E-state index contributed by atoms with van der Waals surface area (Å²) in [6, 6.07) is -0.470. The zero-order valence-corrected chi connectivity index (χ0v) is 11.9. The third-order valence-corrected chi connectivity index (χ3v) is 3.67. The number of hydrogen-bond acceptors (Lipinski definition) is 3. The van der Waals surface area contributed by atoms with Gasteiger partial charge in [-0.3, -0.25) is 14.5 Å². The number of carboxylic acid groups (broad SMARTS) is 1. The quantitative estimate of drug-likeness (QED) is 0.823. The van der Waals surface area contributed by atoms with Crippen LogP contribution in [-0.4, -0.2) is 58.0 Å². The van der Waals surface area contributed by atoms with E-state index in [-0.39, 0.29) is 23.9 Å². The summed E-state index contributed by atoms with van der Waals surface area (Å²) in [5.41, 5.74) is -0.229. The summed E-state index contributed by atoms with van der Waals surface area (Å²) in [4.78, 5) is 27.2. The molecule has 1 aliphatic rings. The SMILES string of the molecule is CC(C)N1C(=O)C(CC(=O)O)N(C)CCC1(C)C. The second-order valence-corrected chi connectivity index (χ2v) is 5.96. The highest BCUT2D eigenvalue weighted by Crippen LogP contribution is 2.28. The summed E-state index contributed by atoms with van der Waals surface area (Å²) < 4.78 is 0. The molecular formula is C13H24N2O3. The highest BCUT2D eigenvalue weighted by atomic mass is 16.4. The number of rotatable bonds is 3. The van der Waals surface area contributed by atoms with E-state index in [9.17, 15) is 9.59 Å². The lowest BCUT2D eigenvalue weighted by Crippen LogP contribution is -2.54. The third kappa shape index (κ3) is 3.02. The predicted octanol–water partition coefficient (Wildman–Crippen LogP) is 1.18. The molecule has 0 bridgehead atoms. The Bertz CT molecular complexity index is 339. The Balaban J connectivity index is 3.07. The predicted molar refractivity (Wildman–Crippen MR) is 69.3 cm³/mol. The number of aliphatic carboxylic acids is 1. The minimum absolute atomic E-state index is 0.0719. The van der Waals surface area contributed by atoms with Crippen molar-refractivity contribution >= 4 is 11.9 Å². The van der Waals surface area contributed by atoms with Crippen LogP contribution in [0.5, 0.6) is 0 Å². The Morgan fingerprint density at radius 3 is 2.50 bits per heavy atom. The molecule has 1 N–H and O–H groups in total. The number of carbonyl (C=O) groups excluding carboxylic acids is 1. The summed E-state index contributed by atoms with van der Waals surface area (Å²) in [5.74, 6) is -0.999. The van der Waals surface area contributed by atoms with Gasteiger partial charge in [0, 0.05) is 18.1 Å². The van der Waals surface area contributed by atoms with E-state index in [0.29, 0.717) is 0 Å². The van der Waals surface area contributed by atoms with E-state index < -0.39 is 12.0 Å². The fourth-order valence-electron chi connectivity index (χ4n) is 2.74. The Kier molecular flexibility index (Phi) is 4.37. The fraction of sp³-hybridized carbons (Fsp3) is 0.846. The number of likely N-dealkylation sites (N-methyl/N-ethyl adjacent to an activating group) is 1. The third-order valence-electron chi connectivity index (χ3n) is 3.67. The summed E-state index contributed by atoms with van der Waals surface area (Å²) >= 11 is 0. The summed E-state index contributed by atoms with van der Waals surface area (Å²) in [5, 5.41) is 8.95. The first kappa shape index (κ1) is 15.0. The fourth-order valence-corrected chi connectivity index (χ4v) is 2.74. The van der Waals surface area contributed by atoms with Crippen molar-refractivity contribution in [3.63, 3.8) is 0 Å². The Hall–Kier alpha value is -1.10. The van der Waals surface area contributed by atoms with Gasteiger partial charge in [-0.25, -0.2) is 0 Å². The maximum absolute atomic E-state index is 12.6. The zero-order valence-electron chi connectivity index (χ0n) is 11.9. The van der Waals surface area contributed by atoms with Crippen LogP contribution >= 0.6 is 0 Å². The van der Waals surface area contributed by atoms with Crippen molar-refractivity contribution in [3.8, 4) is 0 Å². The second kappa shape index (κ2) is 5.26. The molecule has 1 heterocycles. The zero-order chi connectivity index (χ0) is 14.1. The highest BCUT2D eigenvalue weighted by molar-refractivity contribution is 5.87. The van der Waals surface area contributed by atoms with E-state index in [1.807, 2.05) is 44.5 Å². The molecule has 0 spiro atoms. The Labute approximate surface area is 109 Å². The molecule has 1 rings (SSSR count). The molecule has 1 aliphatic heterocycles. The molecule has 0 aromatic heterocycles. The van der Waals surface area contributed by atoms with Crippen molar-refractivity contribution in [1.82, 2.24) is 9.80 Å². The number of hydrogen-bond donors (Lipinski definition) is 1. The highest BCUT2D eigenvalue weighted by Gasteiger charge is 2.41. The molecule has 1 atom stereocenters. The maximum atomic E-state index is 12.6. The van der Waals surface area contributed by atoms with Gasteiger partial charge in [-0.15, -0.1) is 0 Å². The van der Waals surface area contributed by atoms with Crippen LogP contribution in [0.15, 0.2) is 0 Å². The van der Waals surface area contributed by atoms with Gasteiger partial charge < -0.3 is 10.0 Å². The average molecular weight is 256 g/mol. The lowest BCUT2D eigenvalue weighted by atomic mass is 9.96.